The van der Waals surface area contributed by atoms with Crippen LogP contribution in [0, 0.1) is 0 Å². The number of nitrogens with one attached hydrogen (secondary N) is 5. The highest BCUT2D eigenvalue weighted by molar-refractivity contribution is 6.05. The Hall–Kier alpha value is -3.42. The Bertz CT molecular complexity index is 793. The summed E-state index contributed by atoms with van der Waals surface area (Å²) in [6, 6.07) is -1.51. The molecule has 5 N–H and O–H groups in total. The Morgan fingerprint density at radius 2 is 1.67 bits per heavy atom. The van der Waals surface area contributed by atoms with Gasteiger partial charge in [0.1, 0.15) is 6.04 Å². The second kappa shape index (κ2) is 16.3. The molecular formula is C22H38N6O8. The van der Waals surface area contributed by atoms with Gasteiger partial charge in [0.15, 0.2) is 0 Å². The molecule has 0 aromatic heterocycles. The minimum atomic E-state index is -0.927. The molecule has 1 aliphatic heterocycles. The zero-order valence-electron chi connectivity index (χ0n) is 21.3. The zero-order valence-corrected chi connectivity index (χ0v) is 21.3. The Morgan fingerprint density at radius 3 is 2.28 bits per heavy atom. The van der Waals surface area contributed by atoms with Gasteiger partial charge < -0.3 is 36.1 Å². The van der Waals surface area contributed by atoms with Gasteiger partial charge in [0.25, 0.3) is 0 Å². The van der Waals surface area contributed by atoms with Gasteiger partial charge in [-0.25, -0.2) is 9.59 Å². The van der Waals surface area contributed by atoms with Crippen molar-refractivity contribution < 1.29 is 38.2 Å². The highest BCUT2D eigenvalue weighted by atomic mass is 16.6. The zero-order chi connectivity index (χ0) is 27.1. The molecule has 36 heavy (non-hydrogen) atoms. The maximum Gasteiger partial charge on any atom is 0.407 e. The molecule has 3 unspecified atom stereocenters. The number of imide groups is 1. The van der Waals surface area contributed by atoms with Crippen LogP contribution in [0.3, 0.4) is 0 Å². The first-order chi connectivity index (χ1) is 17.1. The minimum Gasteiger partial charge on any atom is -0.450 e. The van der Waals surface area contributed by atoms with E-state index in [1.165, 1.54) is 0 Å². The molecule has 1 aliphatic rings. The monoisotopic (exact) mass is 514 g/mol. The molecule has 1 saturated heterocycles. The Morgan fingerprint density at radius 1 is 1.00 bits per heavy atom. The lowest BCUT2D eigenvalue weighted by Crippen LogP contribution is -2.53. The lowest BCUT2D eigenvalue weighted by Gasteiger charge is -2.22. The first kappa shape index (κ1) is 30.6. The third-order valence-corrected chi connectivity index (χ3v) is 5.24. The predicted octanol–water partition coefficient (Wildman–Crippen LogP) is -0.667. The predicted molar refractivity (Wildman–Crippen MR) is 127 cm³/mol. The fourth-order valence-corrected chi connectivity index (χ4v) is 3.45. The van der Waals surface area contributed by atoms with Crippen LogP contribution in [0.5, 0.6) is 0 Å². The van der Waals surface area contributed by atoms with Crippen LogP contribution in [0.4, 0.5) is 9.59 Å². The average Bonchev–Trinajstić information content (AvgIpc) is 3.09. The van der Waals surface area contributed by atoms with Gasteiger partial charge in [-0.3, -0.25) is 24.1 Å². The van der Waals surface area contributed by atoms with Gasteiger partial charge in [-0.15, -0.1) is 0 Å². The van der Waals surface area contributed by atoms with Crippen LogP contribution in [0.2, 0.25) is 0 Å². The van der Waals surface area contributed by atoms with Gasteiger partial charge in [0, 0.05) is 19.5 Å². The van der Waals surface area contributed by atoms with Crippen molar-refractivity contribution in [3.8, 4) is 0 Å². The van der Waals surface area contributed by atoms with E-state index >= 15 is 0 Å². The van der Waals surface area contributed by atoms with E-state index in [0.717, 1.165) is 4.90 Å². The maximum atomic E-state index is 12.7. The summed E-state index contributed by atoms with van der Waals surface area (Å²) in [6.45, 7) is 5.55. The van der Waals surface area contributed by atoms with E-state index in [9.17, 15) is 28.8 Å². The number of carbonyl (C=O) groups is 6. The van der Waals surface area contributed by atoms with E-state index in [-0.39, 0.29) is 50.8 Å². The van der Waals surface area contributed by atoms with Gasteiger partial charge >= 0.3 is 12.2 Å². The van der Waals surface area contributed by atoms with Crippen LogP contribution < -0.4 is 26.6 Å². The molecule has 1 rings (SSSR count). The molecule has 6 amide bonds. The highest BCUT2D eigenvalue weighted by Crippen LogP contribution is 2.13. The first-order valence-corrected chi connectivity index (χ1v) is 12.1. The number of hydrogen-bond donors (Lipinski definition) is 5. The normalized spacial score (nSPS) is 16.7. The molecule has 0 radical (unpaired) electrons. The van der Waals surface area contributed by atoms with Gasteiger partial charge in [0.05, 0.1) is 31.8 Å². The highest BCUT2D eigenvalue weighted by Gasteiger charge is 2.37. The van der Waals surface area contributed by atoms with E-state index < -0.39 is 42.3 Å². The molecule has 1 fully saturated rings. The standard InChI is InChI=1S/C22H38N6O8/c1-5-35-21(33)24-11-8-7-9-15(27-22(34)36-6-2)19(31)26-14(3)25-17(29)10-12-28-18(30)13-16(23-4)20(28)32/h14-16,23H,5-13H2,1-4H3,(H,24,33)(H,25,29)(H,26,31)(H,27,34). The second-order valence-electron chi connectivity index (χ2n) is 8.04. The van der Waals surface area contributed by atoms with Crippen molar-refractivity contribution in [2.75, 3.05) is 33.4 Å². The smallest absolute Gasteiger partial charge is 0.407 e. The van der Waals surface area contributed by atoms with E-state index in [1.54, 1.807) is 27.8 Å². The molecule has 0 aromatic carbocycles. The molecule has 14 heteroatoms. The Labute approximate surface area is 210 Å². The van der Waals surface area contributed by atoms with Crippen LogP contribution in [-0.4, -0.2) is 92.3 Å². The number of likely N-dealkylation sites (N-methyl/N-ethyl adjacent to an activating group) is 1. The number of ether oxygens (including phenoxy) is 2. The third kappa shape index (κ3) is 10.9. The summed E-state index contributed by atoms with van der Waals surface area (Å²) in [4.78, 5) is 73.3. The minimum absolute atomic E-state index is 0.0527. The Balaban J connectivity index is 2.51. The molecular weight excluding hydrogens is 476 g/mol. The number of nitrogens with zero attached hydrogens (tertiary/aromatic N) is 1. The molecule has 204 valence electrons. The second-order valence-corrected chi connectivity index (χ2v) is 8.04. The van der Waals surface area contributed by atoms with Crippen LogP contribution in [0.15, 0.2) is 0 Å². The van der Waals surface area contributed by atoms with E-state index in [4.69, 9.17) is 9.47 Å². The number of likely N-dealkylation sites (tertiary alicyclic amines) is 1. The summed E-state index contributed by atoms with van der Waals surface area (Å²) in [5, 5.41) is 13.0. The lowest BCUT2D eigenvalue weighted by atomic mass is 10.1. The van der Waals surface area contributed by atoms with Crippen LogP contribution in [0.25, 0.3) is 0 Å². The summed E-state index contributed by atoms with van der Waals surface area (Å²) in [5.74, 6) is -1.71. The molecule has 14 nitrogen and oxygen atoms in total. The number of alkyl carbamates (subject to hydrolysis) is 2. The maximum absolute atomic E-state index is 12.7. The molecule has 0 saturated carbocycles. The number of rotatable bonds is 15. The molecule has 3 atom stereocenters. The number of unbranched alkanes of at least 4 members (excludes halogenated alkanes) is 1. The quantitative estimate of drug-likeness (QED) is 0.107. The van der Waals surface area contributed by atoms with Crippen molar-refractivity contribution in [3.63, 3.8) is 0 Å². The van der Waals surface area contributed by atoms with Crippen molar-refractivity contribution in [2.24, 2.45) is 0 Å². The SMILES string of the molecule is CCOC(=O)NCCCCC(NC(=O)OCC)C(=O)NC(C)NC(=O)CCN1C(=O)CC(NC)C1=O. The molecule has 0 spiro atoms. The van der Waals surface area contributed by atoms with Crippen molar-refractivity contribution in [3.05, 3.63) is 0 Å². The van der Waals surface area contributed by atoms with Gasteiger partial charge in [0.2, 0.25) is 23.6 Å². The molecule has 0 bridgehead atoms. The van der Waals surface area contributed by atoms with Gasteiger partial charge in [-0.05, 0) is 47.1 Å². The first-order valence-electron chi connectivity index (χ1n) is 12.1. The number of hydrogen-bond acceptors (Lipinski definition) is 9. The fourth-order valence-electron chi connectivity index (χ4n) is 3.45. The summed E-state index contributed by atoms with van der Waals surface area (Å²) in [7, 11) is 1.58. The molecule has 1 heterocycles. The fraction of sp³-hybridized carbons (Fsp3) is 0.727. The van der Waals surface area contributed by atoms with Crippen molar-refractivity contribution in [1.29, 1.82) is 0 Å². The summed E-state index contributed by atoms with van der Waals surface area (Å²) < 4.78 is 9.62. The van der Waals surface area contributed by atoms with Crippen LogP contribution in [0.1, 0.15) is 52.9 Å². The summed E-state index contributed by atoms with van der Waals surface area (Å²) in [5.41, 5.74) is 0. The van der Waals surface area contributed by atoms with Gasteiger partial charge in [-0.2, -0.15) is 0 Å². The van der Waals surface area contributed by atoms with Gasteiger partial charge in [-0.1, -0.05) is 0 Å². The molecule has 0 aliphatic carbocycles. The third-order valence-electron chi connectivity index (χ3n) is 5.24. The topological polar surface area (TPSA) is 184 Å². The number of carbonyl (C=O) groups excluding carboxylic acids is 6. The Kier molecular flexibility index (Phi) is 13.8. The van der Waals surface area contributed by atoms with Crippen molar-refractivity contribution in [2.45, 2.75) is 71.1 Å². The lowest BCUT2D eigenvalue weighted by molar-refractivity contribution is -0.139. The van der Waals surface area contributed by atoms with Crippen LogP contribution >= 0.6 is 0 Å². The van der Waals surface area contributed by atoms with Crippen LogP contribution in [-0.2, 0) is 28.7 Å². The summed E-state index contributed by atoms with van der Waals surface area (Å²) in [6.07, 6.45) is -0.812. The average molecular weight is 515 g/mol. The largest absolute Gasteiger partial charge is 0.450 e. The number of amides is 6. The molecule has 0 aromatic rings. The summed E-state index contributed by atoms with van der Waals surface area (Å²) >= 11 is 0. The van der Waals surface area contributed by atoms with E-state index in [2.05, 4.69) is 26.6 Å². The van der Waals surface area contributed by atoms with Crippen molar-refractivity contribution in [1.82, 2.24) is 31.5 Å². The van der Waals surface area contributed by atoms with Crippen molar-refractivity contribution >= 4 is 35.8 Å². The van der Waals surface area contributed by atoms with E-state index in [1.807, 2.05) is 0 Å². The van der Waals surface area contributed by atoms with E-state index in [0.29, 0.717) is 19.4 Å².